The highest BCUT2D eigenvalue weighted by atomic mass is 35.5. The zero-order valence-corrected chi connectivity index (χ0v) is 14.6. The summed E-state index contributed by atoms with van der Waals surface area (Å²) in [5.41, 5.74) is 3.80. The Morgan fingerprint density at radius 3 is 2.42 bits per heavy atom. The van der Waals surface area contributed by atoms with Crippen LogP contribution in [-0.2, 0) is 20.6 Å². The number of aliphatic hydroxyl groups excluding tert-OH is 1. The maximum Gasteiger partial charge on any atom is 0.328 e. The molecule has 3 aromatic rings. The van der Waals surface area contributed by atoms with Crippen LogP contribution in [0.25, 0.3) is 11.0 Å². The lowest BCUT2D eigenvalue weighted by Crippen LogP contribution is -2.21. The lowest BCUT2D eigenvalue weighted by Gasteiger charge is -2.12. The van der Waals surface area contributed by atoms with Crippen LogP contribution in [0.15, 0.2) is 53.3 Å². The second-order valence-corrected chi connectivity index (χ2v) is 5.78. The molecule has 1 aromatic heterocycles. The van der Waals surface area contributed by atoms with E-state index < -0.39 is 6.10 Å². The van der Waals surface area contributed by atoms with Crippen molar-refractivity contribution in [3.05, 3.63) is 70.1 Å². The average Bonchev–Trinajstić information content (AvgIpc) is 2.80. The predicted molar refractivity (Wildman–Crippen MR) is 98.5 cm³/mol. The number of aryl methyl sites for hydroxylation is 2. The molecule has 2 N–H and O–H groups in total. The van der Waals surface area contributed by atoms with Crippen LogP contribution in [0.1, 0.15) is 17.2 Å². The minimum absolute atomic E-state index is 0. The molecule has 1 heterocycles. The normalized spacial score (nSPS) is 12.1. The molecule has 5 nitrogen and oxygen atoms in total. The van der Waals surface area contributed by atoms with Crippen LogP contribution in [0.5, 0.6) is 0 Å². The minimum Gasteiger partial charge on any atom is -0.387 e. The average molecular weight is 348 g/mol. The molecule has 0 fully saturated rings. The van der Waals surface area contributed by atoms with E-state index in [1.165, 1.54) is 0 Å². The number of hydrogen-bond acceptors (Lipinski definition) is 3. The quantitative estimate of drug-likeness (QED) is 0.743. The molecular formula is C18H22ClN3O2. The van der Waals surface area contributed by atoms with E-state index in [9.17, 15) is 9.90 Å². The first-order chi connectivity index (χ1) is 11.1. The number of halogens is 1. The Morgan fingerprint density at radius 1 is 1.04 bits per heavy atom. The summed E-state index contributed by atoms with van der Waals surface area (Å²) in [5.74, 6) is 0. The lowest BCUT2D eigenvalue weighted by molar-refractivity contribution is 0.174. The molecule has 2 aromatic carbocycles. The molecule has 24 heavy (non-hydrogen) atoms. The van der Waals surface area contributed by atoms with Crippen LogP contribution in [0.3, 0.4) is 0 Å². The summed E-state index contributed by atoms with van der Waals surface area (Å²) < 4.78 is 3.29. The Balaban J connectivity index is 0.00000208. The molecule has 0 saturated heterocycles. The fourth-order valence-electron chi connectivity index (χ4n) is 2.81. The van der Waals surface area contributed by atoms with Gasteiger partial charge in [0.1, 0.15) is 0 Å². The van der Waals surface area contributed by atoms with Gasteiger partial charge in [-0.1, -0.05) is 36.4 Å². The van der Waals surface area contributed by atoms with Crippen molar-refractivity contribution in [1.82, 2.24) is 14.5 Å². The number of hydrogen-bond donors (Lipinski definition) is 2. The third kappa shape index (κ3) is 3.53. The molecule has 0 aliphatic heterocycles. The number of nitrogens with one attached hydrogen (secondary N) is 1. The molecule has 0 radical (unpaired) electrons. The number of fused-ring (bicyclic) bond motifs is 1. The highest BCUT2D eigenvalue weighted by Gasteiger charge is 2.09. The lowest BCUT2D eigenvalue weighted by atomic mass is 10.1. The molecule has 0 aliphatic carbocycles. The Bertz CT molecular complexity index is 871. The van der Waals surface area contributed by atoms with Crippen LogP contribution in [-0.4, -0.2) is 20.8 Å². The van der Waals surface area contributed by atoms with Crippen molar-refractivity contribution in [3.63, 3.8) is 0 Å². The van der Waals surface area contributed by atoms with Crippen LogP contribution in [0, 0.1) is 0 Å². The summed E-state index contributed by atoms with van der Waals surface area (Å²) in [7, 11) is 3.56. The van der Waals surface area contributed by atoms with Gasteiger partial charge in [-0.15, -0.1) is 12.4 Å². The molecule has 128 valence electrons. The van der Waals surface area contributed by atoms with Gasteiger partial charge in [-0.3, -0.25) is 9.13 Å². The molecule has 0 aliphatic rings. The van der Waals surface area contributed by atoms with Crippen molar-refractivity contribution in [2.24, 2.45) is 14.1 Å². The van der Waals surface area contributed by atoms with Crippen LogP contribution in [0.2, 0.25) is 0 Å². The monoisotopic (exact) mass is 347 g/mol. The maximum atomic E-state index is 11.9. The Hall–Kier alpha value is -2.08. The third-order valence-electron chi connectivity index (χ3n) is 4.19. The summed E-state index contributed by atoms with van der Waals surface area (Å²) in [5, 5.41) is 13.4. The molecule has 0 bridgehead atoms. The van der Waals surface area contributed by atoms with Gasteiger partial charge in [0.15, 0.2) is 0 Å². The summed E-state index contributed by atoms with van der Waals surface area (Å²) in [4.78, 5) is 11.9. The zero-order valence-electron chi connectivity index (χ0n) is 13.8. The largest absolute Gasteiger partial charge is 0.387 e. The SMILES string of the molecule is Cl.Cn1c(=O)n(C)c2cc(CNCC(O)c3ccccc3)ccc21. The molecular weight excluding hydrogens is 326 g/mol. The van der Waals surface area contributed by atoms with Crippen molar-refractivity contribution in [2.45, 2.75) is 12.6 Å². The van der Waals surface area contributed by atoms with Gasteiger partial charge in [-0.05, 0) is 23.3 Å². The van der Waals surface area contributed by atoms with E-state index in [0.717, 1.165) is 22.2 Å². The first-order valence-corrected chi connectivity index (χ1v) is 7.66. The molecule has 1 atom stereocenters. The smallest absolute Gasteiger partial charge is 0.328 e. The fraction of sp³-hybridized carbons (Fsp3) is 0.278. The highest BCUT2D eigenvalue weighted by Crippen LogP contribution is 2.15. The van der Waals surface area contributed by atoms with Gasteiger partial charge < -0.3 is 10.4 Å². The van der Waals surface area contributed by atoms with E-state index in [1.54, 1.807) is 23.2 Å². The Morgan fingerprint density at radius 2 is 1.71 bits per heavy atom. The standard InChI is InChI=1S/C18H21N3O2.ClH/c1-20-15-9-8-13(10-16(15)21(2)18(20)23)11-19-12-17(22)14-6-4-3-5-7-14;/h3-10,17,19,22H,11-12H2,1-2H3;1H. The second kappa shape index (κ2) is 7.66. The van der Waals surface area contributed by atoms with E-state index in [2.05, 4.69) is 5.32 Å². The molecule has 0 saturated carbocycles. The number of imidazole rings is 1. The number of aromatic nitrogens is 2. The minimum atomic E-state index is -0.527. The van der Waals surface area contributed by atoms with Gasteiger partial charge in [0, 0.05) is 27.2 Å². The summed E-state index contributed by atoms with van der Waals surface area (Å²) in [6, 6.07) is 15.6. The first-order valence-electron chi connectivity index (χ1n) is 7.66. The topological polar surface area (TPSA) is 59.2 Å². The van der Waals surface area contributed by atoms with E-state index in [4.69, 9.17) is 0 Å². The van der Waals surface area contributed by atoms with Crippen molar-refractivity contribution in [3.8, 4) is 0 Å². The maximum absolute atomic E-state index is 11.9. The van der Waals surface area contributed by atoms with Crippen molar-refractivity contribution < 1.29 is 5.11 Å². The number of benzene rings is 2. The third-order valence-corrected chi connectivity index (χ3v) is 4.19. The van der Waals surface area contributed by atoms with Gasteiger partial charge >= 0.3 is 5.69 Å². The molecule has 1 unspecified atom stereocenters. The van der Waals surface area contributed by atoms with E-state index in [1.807, 2.05) is 48.5 Å². The Labute approximate surface area is 147 Å². The molecule has 0 spiro atoms. The van der Waals surface area contributed by atoms with Gasteiger partial charge in [0.2, 0.25) is 0 Å². The van der Waals surface area contributed by atoms with Crippen LogP contribution >= 0.6 is 12.4 Å². The number of aliphatic hydroxyl groups is 1. The predicted octanol–water partition coefficient (Wildman–Crippen LogP) is 2.12. The van der Waals surface area contributed by atoms with E-state index in [-0.39, 0.29) is 18.1 Å². The first kappa shape index (κ1) is 18.3. The Kier molecular flexibility index (Phi) is 5.83. The van der Waals surface area contributed by atoms with Crippen LogP contribution < -0.4 is 11.0 Å². The fourth-order valence-corrected chi connectivity index (χ4v) is 2.81. The van der Waals surface area contributed by atoms with Gasteiger partial charge in [0.05, 0.1) is 17.1 Å². The van der Waals surface area contributed by atoms with Crippen molar-refractivity contribution in [1.29, 1.82) is 0 Å². The van der Waals surface area contributed by atoms with Gasteiger partial charge in [-0.25, -0.2) is 4.79 Å². The molecule has 0 amide bonds. The van der Waals surface area contributed by atoms with E-state index >= 15 is 0 Å². The van der Waals surface area contributed by atoms with Crippen molar-refractivity contribution in [2.75, 3.05) is 6.54 Å². The number of rotatable bonds is 5. The molecule has 3 rings (SSSR count). The van der Waals surface area contributed by atoms with E-state index in [0.29, 0.717) is 13.1 Å². The van der Waals surface area contributed by atoms with Crippen LogP contribution in [0.4, 0.5) is 0 Å². The summed E-state index contributed by atoms with van der Waals surface area (Å²) in [6.45, 7) is 1.12. The summed E-state index contributed by atoms with van der Waals surface area (Å²) in [6.07, 6.45) is -0.527. The second-order valence-electron chi connectivity index (χ2n) is 5.78. The van der Waals surface area contributed by atoms with Gasteiger partial charge in [0.25, 0.3) is 0 Å². The van der Waals surface area contributed by atoms with Gasteiger partial charge in [-0.2, -0.15) is 0 Å². The zero-order chi connectivity index (χ0) is 16.4. The number of nitrogens with zero attached hydrogens (tertiary/aromatic N) is 2. The highest BCUT2D eigenvalue weighted by molar-refractivity contribution is 5.85. The van der Waals surface area contributed by atoms with Crippen molar-refractivity contribution >= 4 is 23.4 Å². The summed E-state index contributed by atoms with van der Waals surface area (Å²) >= 11 is 0. The molecule has 6 heteroatoms.